The zero-order chi connectivity index (χ0) is 27.6. The smallest absolute Gasteiger partial charge is 0.408 e. The highest BCUT2D eigenvalue weighted by Gasteiger charge is 2.43. The van der Waals surface area contributed by atoms with Crippen LogP contribution in [-0.2, 0) is 35.8 Å². The minimum atomic E-state index is -1.02. The van der Waals surface area contributed by atoms with Crippen molar-refractivity contribution in [2.24, 2.45) is 4.99 Å². The van der Waals surface area contributed by atoms with Crippen LogP contribution in [0, 0.1) is 0 Å². The summed E-state index contributed by atoms with van der Waals surface area (Å²) in [5.74, 6) is -0.373. The molecule has 1 aliphatic rings. The Balaban J connectivity index is 1.63. The summed E-state index contributed by atoms with van der Waals surface area (Å²) in [7, 11) is 1.36. The minimum absolute atomic E-state index is 0.0758. The number of esters is 1. The lowest BCUT2D eigenvalue weighted by atomic mass is 9.75. The lowest BCUT2D eigenvalue weighted by molar-refractivity contribution is -0.147. The molecule has 204 valence electrons. The van der Waals surface area contributed by atoms with E-state index in [0.29, 0.717) is 18.7 Å². The molecule has 1 aliphatic heterocycles. The highest BCUT2D eigenvalue weighted by Crippen LogP contribution is 2.34. The summed E-state index contributed by atoms with van der Waals surface area (Å²) in [6, 6.07) is 17.9. The van der Waals surface area contributed by atoms with Crippen LogP contribution in [0.2, 0.25) is 0 Å². The highest BCUT2D eigenvalue weighted by atomic mass is 16.6. The normalized spacial score (nSPS) is 17.9. The van der Waals surface area contributed by atoms with Crippen molar-refractivity contribution in [3.63, 3.8) is 0 Å². The van der Waals surface area contributed by atoms with Gasteiger partial charge >= 0.3 is 12.1 Å². The van der Waals surface area contributed by atoms with Gasteiger partial charge in [0, 0.05) is 6.42 Å². The van der Waals surface area contributed by atoms with Gasteiger partial charge in [-0.15, -0.1) is 0 Å². The van der Waals surface area contributed by atoms with Crippen molar-refractivity contribution < 1.29 is 28.6 Å². The molecule has 0 saturated heterocycles. The third-order valence-electron chi connectivity index (χ3n) is 5.96. The van der Waals surface area contributed by atoms with E-state index in [1.807, 2.05) is 60.7 Å². The molecule has 10 nitrogen and oxygen atoms in total. The Morgan fingerprint density at radius 3 is 2.26 bits per heavy atom. The molecule has 10 heteroatoms. The third kappa shape index (κ3) is 8.04. The number of ether oxygens (including phenoxy) is 3. The van der Waals surface area contributed by atoms with Crippen LogP contribution in [0.5, 0.6) is 0 Å². The average molecular weight is 525 g/mol. The van der Waals surface area contributed by atoms with Gasteiger partial charge in [-0.3, -0.25) is 25.4 Å². The van der Waals surface area contributed by atoms with Gasteiger partial charge in [-0.1, -0.05) is 60.7 Å². The molecule has 2 aromatic rings. The number of methoxy groups -OCH3 is 1. The summed E-state index contributed by atoms with van der Waals surface area (Å²) in [4.78, 5) is 42.6. The Kier molecular flexibility index (Phi) is 9.84. The second-order valence-electron chi connectivity index (χ2n) is 10.0. The molecule has 0 aromatic heterocycles. The SMILES string of the molecule is COC(=O)C1(c2ccccc2)CCC(NNC(=O)C(COCc2ccccc2)NC(=O)OC(C)(C)C)=NC1. The number of hydrogen-bond acceptors (Lipinski definition) is 8. The van der Waals surface area contributed by atoms with E-state index in [1.165, 1.54) is 7.11 Å². The van der Waals surface area contributed by atoms with E-state index in [-0.39, 0.29) is 25.7 Å². The molecule has 2 amide bonds. The van der Waals surface area contributed by atoms with E-state index < -0.39 is 29.1 Å². The number of carbonyl (C=O) groups excluding carboxylic acids is 3. The van der Waals surface area contributed by atoms with Gasteiger partial charge in [0.1, 0.15) is 22.9 Å². The maximum Gasteiger partial charge on any atom is 0.408 e. The number of hydrazine groups is 1. The monoisotopic (exact) mass is 524 g/mol. The fraction of sp³-hybridized carbons (Fsp3) is 0.429. The molecule has 0 fully saturated rings. The number of nitrogens with one attached hydrogen (secondary N) is 3. The molecule has 0 saturated carbocycles. The van der Waals surface area contributed by atoms with Crippen molar-refractivity contribution in [3.8, 4) is 0 Å². The lowest BCUT2D eigenvalue weighted by Gasteiger charge is -2.33. The predicted molar refractivity (Wildman–Crippen MR) is 142 cm³/mol. The molecule has 2 atom stereocenters. The number of alkyl carbamates (subject to hydrolysis) is 1. The first kappa shape index (κ1) is 28.6. The van der Waals surface area contributed by atoms with Crippen LogP contribution < -0.4 is 16.2 Å². The number of aliphatic imine (C=N–C) groups is 1. The highest BCUT2D eigenvalue weighted by molar-refractivity contribution is 5.92. The van der Waals surface area contributed by atoms with Gasteiger partial charge in [-0.25, -0.2) is 4.79 Å². The Morgan fingerprint density at radius 2 is 1.68 bits per heavy atom. The van der Waals surface area contributed by atoms with Gasteiger partial charge in [0.15, 0.2) is 0 Å². The van der Waals surface area contributed by atoms with Crippen molar-refractivity contribution in [2.45, 2.75) is 57.3 Å². The van der Waals surface area contributed by atoms with Crippen LogP contribution in [0.1, 0.15) is 44.7 Å². The van der Waals surface area contributed by atoms with Crippen molar-refractivity contribution in [3.05, 3.63) is 71.8 Å². The van der Waals surface area contributed by atoms with E-state index in [0.717, 1.165) is 11.1 Å². The van der Waals surface area contributed by atoms with E-state index >= 15 is 0 Å². The number of nitrogens with zero attached hydrogens (tertiary/aromatic N) is 1. The van der Waals surface area contributed by atoms with Gasteiger partial charge in [0.2, 0.25) is 0 Å². The van der Waals surface area contributed by atoms with Gasteiger partial charge in [-0.05, 0) is 38.3 Å². The standard InChI is InChI=1S/C28H36N4O6/c1-27(2,3)38-26(35)30-22(18-37-17-20-11-7-5-8-12-20)24(33)32-31-23-15-16-28(19-29-23,25(34)36-4)21-13-9-6-10-14-21/h5-14,22H,15-19H2,1-4H3,(H,29,31)(H,30,35)(H,32,33). The summed E-state index contributed by atoms with van der Waals surface area (Å²) >= 11 is 0. The maximum atomic E-state index is 13.0. The first-order valence-corrected chi connectivity index (χ1v) is 12.5. The van der Waals surface area contributed by atoms with Gasteiger partial charge in [0.05, 0.1) is 26.9 Å². The van der Waals surface area contributed by atoms with Crippen molar-refractivity contribution in [1.82, 2.24) is 16.2 Å². The maximum absolute atomic E-state index is 13.0. The van der Waals surface area contributed by atoms with Crippen LogP contribution in [0.25, 0.3) is 0 Å². The molecule has 3 N–H and O–H groups in total. The van der Waals surface area contributed by atoms with Crippen LogP contribution >= 0.6 is 0 Å². The Labute approximate surface area is 223 Å². The average Bonchev–Trinajstić information content (AvgIpc) is 2.91. The molecular weight excluding hydrogens is 488 g/mol. The quantitative estimate of drug-likeness (QED) is 0.358. The zero-order valence-corrected chi connectivity index (χ0v) is 22.3. The molecule has 0 spiro atoms. The molecule has 0 bridgehead atoms. The Bertz CT molecular complexity index is 1120. The third-order valence-corrected chi connectivity index (χ3v) is 5.96. The first-order chi connectivity index (χ1) is 18.1. The molecule has 38 heavy (non-hydrogen) atoms. The van der Waals surface area contributed by atoms with E-state index in [2.05, 4.69) is 21.2 Å². The number of amides is 2. The van der Waals surface area contributed by atoms with Crippen LogP contribution in [0.3, 0.4) is 0 Å². The number of amidine groups is 1. The summed E-state index contributed by atoms with van der Waals surface area (Å²) in [5.41, 5.74) is 5.57. The minimum Gasteiger partial charge on any atom is -0.468 e. The molecule has 0 radical (unpaired) electrons. The largest absolute Gasteiger partial charge is 0.468 e. The van der Waals surface area contributed by atoms with Crippen molar-refractivity contribution in [2.75, 3.05) is 20.3 Å². The Hall–Kier alpha value is -3.92. The Morgan fingerprint density at radius 1 is 1.03 bits per heavy atom. The molecule has 1 heterocycles. The number of benzene rings is 2. The topological polar surface area (TPSA) is 127 Å². The number of carbonyl (C=O) groups is 3. The molecule has 2 aromatic carbocycles. The second kappa shape index (κ2) is 13.0. The van der Waals surface area contributed by atoms with E-state index in [9.17, 15) is 14.4 Å². The van der Waals surface area contributed by atoms with Crippen LogP contribution in [0.4, 0.5) is 4.79 Å². The molecule has 0 aliphatic carbocycles. The first-order valence-electron chi connectivity index (χ1n) is 12.5. The van der Waals surface area contributed by atoms with E-state index in [4.69, 9.17) is 14.2 Å². The molecule has 2 unspecified atom stereocenters. The van der Waals surface area contributed by atoms with E-state index in [1.54, 1.807) is 20.8 Å². The van der Waals surface area contributed by atoms with Gasteiger partial charge in [0.25, 0.3) is 5.91 Å². The van der Waals surface area contributed by atoms with Crippen molar-refractivity contribution in [1.29, 1.82) is 0 Å². The number of hydrogen-bond donors (Lipinski definition) is 3. The predicted octanol–water partition coefficient (Wildman–Crippen LogP) is 3.02. The summed E-state index contributed by atoms with van der Waals surface area (Å²) in [6.45, 7) is 5.57. The molecule has 3 rings (SSSR count). The lowest BCUT2D eigenvalue weighted by Crippen LogP contribution is -2.55. The van der Waals surface area contributed by atoms with Gasteiger partial charge in [-0.2, -0.15) is 0 Å². The van der Waals surface area contributed by atoms with Crippen molar-refractivity contribution >= 4 is 23.8 Å². The summed E-state index contributed by atoms with van der Waals surface area (Å²) in [6.07, 6.45) is 0.117. The van der Waals surface area contributed by atoms with Gasteiger partial charge < -0.3 is 19.5 Å². The molecular formula is C28H36N4O6. The second-order valence-corrected chi connectivity index (χ2v) is 10.0. The van der Waals surface area contributed by atoms with Crippen LogP contribution in [0.15, 0.2) is 65.7 Å². The summed E-state index contributed by atoms with van der Waals surface area (Å²) in [5, 5.41) is 2.57. The van der Waals surface area contributed by atoms with Crippen LogP contribution in [-0.4, -0.2) is 55.7 Å². The zero-order valence-electron chi connectivity index (χ0n) is 22.3. The fourth-order valence-corrected chi connectivity index (χ4v) is 4.02. The fourth-order valence-electron chi connectivity index (χ4n) is 4.02. The number of rotatable bonds is 8. The summed E-state index contributed by atoms with van der Waals surface area (Å²) < 4.78 is 16.1.